The highest BCUT2D eigenvalue weighted by molar-refractivity contribution is 5.96. The van der Waals surface area contributed by atoms with E-state index in [9.17, 15) is 9.59 Å². The molecule has 0 heterocycles. The third-order valence-electron chi connectivity index (χ3n) is 2.77. The van der Waals surface area contributed by atoms with E-state index in [-0.39, 0.29) is 18.4 Å². The molecule has 0 aliphatic heterocycles. The molecule has 0 saturated carbocycles. The van der Waals surface area contributed by atoms with E-state index in [0.717, 1.165) is 0 Å². The summed E-state index contributed by atoms with van der Waals surface area (Å²) in [4.78, 5) is 24.9. The van der Waals surface area contributed by atoms with Crippen molar-refractivity contribution in [3.8, 4) is 0 Å². The SMILES string of the molecule is COCCNC(=O)CNc1cc(C(=O)N(C)C)ccc1N. The minimum atomic E-state index is -0.171. The number of carbonyl (C=O) groups excluding carboxylic acids is 2. The predicted molar refractivity (Wildman–Crippen MR) is 82.2 cm³/mol. The summed E-state index contributed by atoms with van der Waals surface area (Å²) >= 11 is 0. The summed E-state index contributed by atoms with van der Waals surface area (Å²) in [7, 11) is 4.92. The molecule has 21 heavy (non-hydrogen) atoms. The van der Waals surface area contributed by atoms with Gasteiger partial charge in [0.25, 0.3) is 5.91 Å². The second-order valence-electron chi connectivity index (χ2n) is 4.70. The molecule has 1 aromatic carbocycles. The third kappa shape index (κ3) is 5.31. The monoisotopic (exact) mass is 294 g/mol. The second-order valence-corrected chi connectivity index (χ2v) is 4.70. The Bertz CT molecular complexity index is 503. The van der Waals surface area contributed by atoms with Gasteiger partial charge >= 0.3 is 0 Å². The third-order valence-corrected chi connectivity index (χ3v) is 2.77. The molecule has 2 amide bonds. The van der Waals surface area contributed by atoms with Gasteiger partial charge in [0.15, 0.2) is 0 Å². The van der Waals surface area contributed by atoms with E-state index < -0.39 is 0 Å². The molecule has 7 nitrogen and oxygen atoms in total. The standard InChI is InChI=1S/C14H22N4O3/c1-18(2)14(20)10-4-5-11(15)12(8-10)17-9-13(19)16-6-7-21-3/h4-5,8,17H,6-7,9,15H2,1-3H3,(H,16,19). The fourth-order valence-corrected chi connectivity index (χ4v) is 1.63. The smallest absolute Gasteiger partial charge is 0.253 e. The Balaban J connectivity index is 2.64. The fourth-order valence-electron chi connectivity index (χ4n) is 1.63. The van der Waals surface area contributed by atoms with E-state index >= 15 is 0 Å². The molecule has 0 aliphatic rings. The zero-order valence-electron chi connectivity index (χ0n) is 12.6. The lowest BCUT2D eigenvalue weighted by atomic mass is 10.1. The number of nitrogens with zero attached hydrogens (tertiary/aromatic N) is 1. The first-order valence-corrected chi connectivity index (χ1v) is 6.56. The molecular weight excluding hydrogens is 272 g/mol. The summed E-state index contributed by atoms with van der Waals surface area (Å²) in [6.45, 7) is 0.986. The number of hydrogen-bond acceptors (Lipinski definition) is 5. The van der Waals surface area contributed by atoms with Gasteiger partial charge in [0, 0.05) is 33.3 Å². The van der Waals surface area contributed by atoms with E-state index in [1.165, 1.54) is 4.90 Å². The number of methoxy groups -OCH3 is 1. The molecule has 116 valence electrons. The average molecular weight is 294 g/mol. The van der Waals surface area contributed by atoms with Crippen LogP contribution in [0.1, 0.15) is 10.4 Å². The Labute approximate surface area is 124 Å². The van der Waals surface area contributed by atoms with Gasteiger partial charge in [-0.05, 0) is 18.2 Å². The summed E-state index contributed by atoms with van der Waals surface area (Å²) in [6, 6.07) is 4.93. The zero-order chi connectivity index (χ0) is 15.8. The average Bonchev–Trinajstić information content (AvgIpc) is 2.45. The van der Waals surface area contributed by atoms with Gasteiger partial charge in [-0.1, -0.05) is 0 Å². The quantitative estimate of drug-likeness (QED) is 0.491. The molecule has 0 saturated heterocycles. The van der Waals surface area contributed by atoms with Crippen molar-refractivity contribution < 1.29 is 14.3 Å². The molecule has 0 aliphatic carbocycles. The lowest BCUT2D eigenvalue weighted by Gasteiger charge is -2.14. The maximum atomic E-state index is 11.9. The van der Waals surface area contributed by atoms with Crippen LogP contribution in [0.5, 0.6) is 0 Å². The number of ether oxygens (including phenoxy) is 1. The Hall–Kier alpha value is -2.28. The fraction of sp³-hybridized carbons (Fsp3) is 0.429. The van der Waals surface area contributed by atoms with Crippen molar-refractivity contribution in [1.82, 2.24) is 10.2 Å². The van der Waals surface area contributed by atoms with E-state index in [2.05, 4.69) is 10.6 Å². The van der Waals surface area contributed by atoms with Crippen LogP contribution in [0.3, 0.4) is 0 Å². The second kappa shape index (κ2) is 8.11. The van der Waals surface area contributed by atoms with Crippen LogP contribution in [-0.2, 0) is 9.53 Å². The molecular formula is C14H22N4O3. The van der Waals surface area contributed by atoms with Crippen molar-refractivity contribution in [2.75, 3.05) is 52.0 Å². The van der Waals surface area contributed by atoms with Gasteiger partial charge in [-0.2, -0.15) is 0 Å². The number of benzene rings is 1. The summed E-state index contributed by atoms with van der Waals surface area (Å²) in [5, 5.41) is 5.61. The molecule has 0 bridgehead atoms. The van der Waals surface area contributed by atoms with Crippen LogP contribution >= 0.6 is 0 Å². The first-order valence-electron chi connectivity index (χ1n) is 6.56. The molecule has 7 heteroatoms. The number of amides is 2. The number of carbonyl (C=O) groups is 2. The molecule has 1 aromatic rings. The first-order chi connectivity index (χ1) is 9.95. The highest BCUT2D eigenvalue weighted by atomic mass is 16.5. The topological polar surface area (TPSA) is 96.7 Å². The Morgan fingerprint density at radius 1 is 1.33 bits per heavy atom. The maximum absolute atomic E-state index is 11.9. The normalized spacial score (nSPS) is 10.0. The van der Waals surface area contributed by atoms with Crippen LogP contribution < -0.4 is 16.4 Å². The maximum Gasteiger partial charge on any atom is 0.253 e. The van der Waals surface area contributed by atoms with Crippen LogP contribution in [0.4, 0.5) is 11.4 Å². The molecule has 0 fully saturated rings. The van der Waals surface area contributed by atoms with Crippen LogP contribution in [0.2, 0.25) is 0 Å². The van der Waals surface area contributed by atoms with Crippen LogP contribution in [0.15, 0.2) is 18.2 Å². The van der Waals surface area contributed by atoms with Gasteiger partial charge in [-0.15, -0.1) is 0 Å². The van der Waals surface area contributed by atoms with Gasteiger partial charge in [-0.3, -0.25) is 9.59 Å². The highest BCUT2D eigenvalue weighted by Crippen LogP contribution is 2.20. The number of nitrogens with one attached hydrogen (secondary N) is 2. The highest BCUT2D eigenvalue weighted by Gasteiger charge is 2.10. The van der Waals surface area contributed by atoms with Crippen molar-refractivity contribution in [2.45, 2.75) is 0 Å². The molecule has 0 atom stereocenters. The van der Waals surface area contributed by atoms with Crippen LogP contribution in [0, 0.1) is 0 Å². The number of nitrogens with two attached hydrogens (primary N) is 1. The predicted octanol–water partition coefficient (Wildman–Crippen LogP) is 0.145. The van der Waals surface area contributed by atoms with Gasteiger partial charge in [-0.25, -0.2) is 0 Å². The summed E-state index contributed by atoms with van der Waals surface area (Å²) in [5.41, 5.74) is 7.39. The summed E-state index contributed by atoms with van der Waals surface area (Å²) in [6.07, 6.45) is 0. The van der Waals surface area contributed by atoms with Crippen molar-refractivity contribution >= 4 is 23.2 Å². The molecule has 4 N–H and O–H groups in total. The minimum Gasteiger partial charge on any atom is -0.397 e. The number of hydrogen-bond donors (Lipinski definition) is 3. The van der Waals surface area contributed by atoms with Gasteiger partial charge in [0.1, 0.15) is 0 Å². The minimum absolute atomic E-state index is 0.0769. The number of nitrogen functional groups attached to an aromatic ring is 1. The lowest BCUT2D eigenvalue weighted by Crippen LogP contribution is -2.32. The van der Waals surface area contributed by atoms with E-state index in [4.69, 9.17) is 10.5 Å². The van der Waals surface area contributed by atoms with Gasteiger partial charge in [0.05, 0.1) is 24.5 Å². The largest absolute Gasteiger partial charge is 0.397 e. The summed E-state index contributed by atoms with van der Waals surface area (Å²) in [5.74, 6) is -0.293. The van der Waals surface area contributed by atoms with Crippen molar-refractivity contribution in [2.24, 2.45) is 0 Å². The number of anilines is 2. The molecule has 0 unspecified atom stereocenters. The van der Waals surface area contributed by atoms with Crippen molar-refractivity contribution in [3.63, 3.8) is 0 Å². The lowest BCUT2D eigenvalue weighted by molar-refractivity contribution is -0.119. The van der Waals surface area contributed by atoms with Crippen molar-refractivity contribution in [3.05, 3.63) is 23.8 Å². The molecule has 1 rings (SSSR count). The van der Waals surface area contributed by atoms with Crippen molar-refractivity contribution in [1.29, 1.82) is 0 Å². The Morgan fingerprint density at radius 2 is 2.05 bits per heavy atom. The van der Waals surface area contributed by atoms with E-state index in [1.807, 2.05) is 0 Å². The van der Waals surface area contributed by atoms with Gasteiger partial charge in [0.2, 0.25) is 5.91 Å². The van der Waals surface area contributed by atoms with Crippen LogP contribution in [0.25, 0.3) is 0 Å². The molecule has 0 spiro atoms. The first kappa shape index (κ1) is 16.8. The van der Waals surface area contributed by atoms with E-state index in [0.29, 0.717) is 30.1 Å². The molecule has 0 radical (unpaired) electrons. The zero-order valence-corrected chi connectivity index (χ0v) is 12.6. The van der Waals surface area contributed by atoms with Crippen LogP contribution in [-0.4, -0.2) is 57.6 Å². The van der Waals surface area contributed by atoms with E-state index in [1.54, 1.807) is 39.4 Å². The number of rotatable bonds is 7. The summed E-state index contributed by atoms with van der Waals surface area (Å²) < 4.78 is 4.84. The van der Waals surface area contributed by atoms with Gasteiger partial charge < -0.3 is 26.0 Å². The Morgan fingerprint density at radius 3 is 2.67 bits per heavy atom. The Kier molecular flexibility index (Phi) is 6.48. The molecule has 0 aromatic heterocycles.